The fraction of sp³-hybridized carbons (Fsp3) is 0.500. The van der Waals surface area contributed by atoms with Gasteiger partial charge in [-0.3, -0.25) is 0 Å². The van der Waals surface area contributed by atoms with Crippen LogP contribution in [-0.4, -0.2) is 45.6 Å². The number of unbranched alkanes of at least 4 members (excludes halogenated alkanes) is 2. The van der Waals surface area contributed by atoms with Gasteiger partial charge in [0, 0.05) is 13.2 Å². The number of aromatic carboxylic acids is 2. The number of carboxylic acids is 2. The van der Waals surface area contributed by atoms with Gasteiger partial charge in [-0.1, -0.05) is 6.07 Å². The van der Waals surface area contributed by atoms with Crippen molar-refractivity contribution >= 4 is 11.9 Å². The number of aryl methyl sites for hydroxylation is 2. The fourth-order valence-corrected chi connectivity index (χ4v) is 2.36. The molecule has 0 fully saturated rings. The molecule has 22 heavy (non-hydrogen) atoms. The highest BCUT2D eigenvalue weighted by Crippen LogP contribution is 2.21. The molecular formula is C16H22O6. The van der Waals surface area contributed by atoms with Crippen molar-refractivity contribution in [3.63, 3.8) is 0 Å². The lowest BCUT2D eigenvalue weighted by Crippen LogP contribution is -2.10. The first-order chi connectivity index (χ1) is 10.5. The number of hydrogen-bond donors (Lipinski definition) is 4. The van der Waals surface area contributed by atoms with E-state index in [9.17, 15) is 19.8 Å². The van der Waals surface area contributed by atoms with Gasteiger partial charge in [-0.15, -0.1) is 0 Å². The first kappa shape index (κ1) is 18.1. The molecule has 0 amide bonds. The minimum atomic E-state index is -1.15. The highest BCUT2D eigenvalue weighted by atomic mass is 16.4. The molecular weight excluding hydrogens is 288 g/mol. The van der Waals surface area contributed by atoms with Crippen molar-refractivity contribution in [1.82, 2.24) is 0 Å². The van der Waals surface area contributed by atoms with Crippen molar-refractivity contribution in [3.05, 3.63) is 34.4 Å². The van der Waals surface area contributed by atoms with Crippen LogP contribution in [0.2, 0.25) is 0 Å². The number of benzene rings is 1. The van der Waals surface area contributed by atoms with Crippen LogP contribution in [-0.2, 0) is 12.8 Å². The Labute approximate surface area is 129 Å². The van der Waals surface area contributed by atoms with Crippen LogP contribution in [0.3, 0.4) is 0 Å². The van der Waals surface area contributed by atoms with E-state index in [1.165, 1.54) is 6.07 Å². The number of aliphatic hydroxyl groups excluding tert-OH is 2. The van der Waals surface area contributed by atoms with E-state index in [0.717, 1.165) is 0 Å². The van der Waals surface area contributed by atoms with Crippen molar-refractivity contribution in [2.45, 2.75) is 38.5 Å². The van der Waals surface area contributed by atoms with Crippen molar-refractivity contribution in [1.29, 1.82) is 0 Å². The molecule has 4 N–H and O–H groups in total. The summed E-state index contributed by atoms with van der Waals surface area (Å²) >= 11 is 0. The molecule has 0 aromatic heterocycles. The summed E-state index contributed by atoms with van der Waals surface area (Å²) in [4.78, 5) is 22.7. The molecule has 0 aliphatic heterocycles. The van der Waals surface area contributed by atoms with Gasteiger partial charge in [-0.25, -0.2) is 9.59 Å². The zero-order valence-corrected chi connectivity index (χ0v) is 12.4. The number of hydrogen-bond acceptors (Lipinski definition) is 4. The Morgan fingerprint density at radius 3 is 1.45 bits per heavy atom. The Morgan fingerprint density at radius 1 is 0.727 bits per heavy atom. The highest BCUT2D eigenvalue weighted by molar-refractivity contribution is 5.96. The quantitative estimate of drug-likeness (QED) is 0.489. The molecule has 1 rings (SSSR count). The van der Waals surface area contributed by atoms with Crippen LogP contribution in [0.15, 0.2) is 12.1 Å². The van der Waals surface area contributed by atoms with Crippen molar-refractivity contribution in [3.8, 4) is 0 Å². The standard InChI is InChI=1S/C16H22O6/c17-7-3-1-5-11-9-12(6-2-4-8-18)14(16(21)22)10-13(11)15(19)20/h9-10,17-18H,1-8H2,(H,19,20)(H,21,22). The predicted octanol–water partition coefficient (Wildman–Crippen LogP) is 1.71. The Balaban J connectivity index is 3.13. The van der Waals surface area contributed by atoms with E-state index in [1.54, 1.807) is 6.07 Å². The first-order valence-electron chi connectivity index (χ1n) is 7.35. The molecule has 1 aromatic rings. The molecule has 0 heterocycles. The van der Waals surface area contributed by atoms with Crippen LogP contribution in [0.1, 0.15) is 57.5 Å². The van der Waals surface area contributed by atoms with Gasteiger partial charge >= 0.3 is 11.9 Å². The third kappa shape index (κ3) is 5.13. The molecule has 0 unspecified atom stereocenters. The number of rotatable bonds is 10. The molecule has 0 spiro atoms. The SMILES string of the molecule is O=C(O)c1cc(C(=O)O)c(CCCCO)cc1CCCCO. The maximum absolute atomic E-state index is 11.3. The monoisotopic (exact) mass is 310 g/mol. The average Bonchev–Trinajstić information content (AvgIpc) is 2.47. The van der Waals surface area contributed by atoms with E-state index in [1.807, 2.05) is 0 Å². The summed E-state index contributed by atoms with van der Waals surface area (Å²) in [6.07, 6.45) is 3.38. The molecule has 0 atom stereocenters. The summed E-state index contributed by atoms with van der Waals surface area (Å²) in [6, 6.07) is 2.86. The van der Waals surface area contributed by atoms with E-state index in [2.05, 4.69) is 0 Å². The summed E-state index contributed by atoms with van der Waals surface area (Å²) < 4.78 is 0. The van der Waals surface area contributed by atoms with Gasteiger partial charge in [-0.2, -0.15) is 0 Å². The van der Waals surface area contributed by atoms with E-state index in [0.29, 0.717) is 49.7 Å². The fourth-order valence-electron chi connectivity index (χ4n) is 2.36. The minimum absolute atomic E-state index is 0.00116. The molecule has 0 aliphatic rings. The van der Waals surface area contributed by atoms with Gasteiger partial charge in [0.2, 0.25) is 0 Å². The summed E-state index contributed by atoms with van der Waals surface area (Å²) in [5.41, 5.74) is 1.18. The largest absolute Gasteiger partial charge is 0.478 e. The van der Waals surface area contributed by atoms with Crippen LogP contribution < -0.4 is 0 Å². The Kier molecular flexibility index (Phi) is 7.56. The van der Waals surface area contributed by atoms with E-state index in [-0.39, 0.29) is 24.3 Å². The lowest BCUT2D eigenvalue weighted by atomic mass is 9.92. The molecule has 6 heteroatoms. The minimum Gasteiger partial charge on any atom is -0.478 e. The number of carbonyl (C=O) groups is 2. The third-order valence-electron chi connectivity index (χ3n) is 3.50. The summed E-state index contributed by atoms with van der Waals surface area (Å²) in [5.74, 6) is -2.30. The van der Waals surface area contributed by atoms with E-state index < -0.39 is 11.9 Å². The molecule has 0 saturated heterocycles. The van der Waals surface area contributed by atoms with Gasteiger partial charge in [0.1, 0.15) is 0 Å². The second-order valence-electron chi connectivity index (χ2n) is 5.14. The van der Waals surface area contributed by atoms with Crippen LogP contribution in [0.5, 0.6) is 0 Å². The Hall–Kier alpha value is -1.92. The molecule has 1 aromatic carbocycles. The van der Waals surface area contributed by atoms with Crippen LogP contribution in [0.4, 0.5) is 0 Å². The van der Waals surface area contributed by atoms with Crippen LogP contribution >= 0.6 is 0 Å². The lowest BCUT2D eigenvalue weighted by molar-refractivity contribution is 0.0695. The molecule has 0 radical (unpaired) electrons. The van der Waals surface area contributed by atoms with Gasteiger partial charge in [0.15, 0.2) is 0 Å². The van der Waals surface area contributed by atoms with Crippen LogP contribution in [0, 0.1) is 0 Å². The highest BCUT2D eigenvalue weighted by Gasteiger charge is 2.18. The Bertz CT molecular complexity index is 480. The van der Waals surface area contributed by atoms with Crippen molar-refractivity contribution < 1.29 is 30.0 Å². The second kappa shape index (κ2) is 9.17. The molecule has 122 valence electrons. The van der Waals surface area contributed by atoms with Gasteiger partial charge in [0.05, 0.1) is 11.1 Å². The second-order valence-corrected chi connectivity index (χ2v) is 5.14. The molecule has 0 saturated carbocycles. The molecule has 0 bridgehead atoms. The zero-order valence-electron chi connectivity index (χ0n) is 12.4. The Morgan fingerprint density at radius 2 is 1.14 bits per heavy atom. The maximum atomic E-state index is 11.3. The van der Waals surface area contributed by atoms with E-state index in [4.69, 9.17) is 10.2 Å². The number of carboxylic acid groups (broad SMARTS) is 2. The van der Waals surface area contributed by atoms with Crippen molar-refractivity contribution in [2.75, 3.05) is 13.2 Å². The predicted molar refractivity (Wildman–Crippen MR) is 80.4 cm³/mol. The molecule has 0 aliphatic carbocycles. The van der Waals surface area contributed by atoms with E-state index >= 15 is 0 Å². The van der Waals surface area contributed by atoms with Crippen molar-refractivity contribution in [2.24, 2.45) is 0 Å². The van der Waals surface area contributed by atoms with Crippen LogP contribution in [0.25, 0.3) is 0 Å². The average molecular weight is 310 g/mol. The lowest BCUT2D eigenvalue weighted by Gasteiger charge is -2.12. The first-order valence-corrected chi connectivity index (χ1v) is 7.35. The zero-order chi connectivity index (χ0) is 16.5. The maximum Gasteiger partial charge on any atom is 0.335 e. The van der Waals surface area contributed by atoms with Gasteiger partial charge < -0.3 is 20.4 Å². The summed E-state index contributed by atoms with van der Waals surface area (Å²) in [5, 5.41) is 36.2. The van der Waals surface area contributed by atoms with Gasteiger partial charge in [-0.05, 0) is 55.7 Å². The van der Waals surface area contributed by atoms with Gasteiger partial charge in [0.25, 0.3) is 0 Å². The normalized spacial score (nSPS) is 10.6. The third-order valence-corrected chi connectivity index (χ3v) is 3.50. The molecule has 6 nitrogen and oxygen atoms in total. The summed E-state index contributed by atoms with van der Waals surface area (Å²) in [6.45, 7) is 0.0813. The smallest absolute Gasteiger partial charge is 0.335 e. The summed E-state index contributed by atoms with van der Waals surface area (Å²) in [7, 11) is 0. The number of aliphatic hydroxyl groups is 2. The topological polar surface area (TPSA) is 115 Å².